The van der Waals surface area contributed by atoms with Gasteiger partial charge in [0.15, 0.2) is 0 Å². The molecule has 0 aliphatic rings. The third kappa shape index (κ3) is 3.14. The zero-order valence-electron chi connectivity index (χ0n) is 9.81. The van der Waals surface area contributed by atoms with Crippen LogP contribution in [0.1, 0.15) is 13.8 Å². The van der Waals surface area contributed by atoms with E-state index in [4.69, 9.17) is 17.0 Å². The molecule has 2 aromatic rings. The lowest BCUT2D eigenvalue weighted by Crippen LogP contribution is -2.05. The molecule has 0 saturated carbocycles. The summed E-state index contributed by atoms with van der Waals surface area (Å²) in [4.78, 5) is 7.29. The molecule has 0 spiro atoms. The fourth-order valence-electron chi connectivity index (χ4n) is 1.52. The van der Waals surface area contributed by atoms with Crippen molar-refractivity contribution >= 4 is 12.2 Å². The number of aromatic amines is 1. The van der Waals surface area contributed by atoms with E-state index in [1.807, 2.05) is 38.1 Å². The third-order valence-electron chi connectivity index (χ3n) is 2.16. The number of hydrogen-bond acceptors (Lipinski definition) is 3. The Morgan fingerprint density at radius 3 is 2.82 bits per heavy atom. The number of nitrogens with one attached hydrogen (secondary N) is 1. The minimum atomic E-state index is 0.140. The number of H-pyrrole nitrogens is 1. The van der Waals surface area contributed by atoms with E-state index in [0.29, 0.717) is 4.64 Å². The lowest BCUT2D eigenvalue weighted by atomic mass is 10.2. The Morgan fingerprint density at radius 2 is 2.12 bits per heavy atom. The molecule has 0 aliphatic heterocycles. The van der Waals surface area contributed by atoms with Crippen LogP contribution in [0.25, 0.3) is 11.3 Å². The van der Waals surface area contributed by atoms with Crippen LogP contribution in [0.2, 0.25) is 0 Å². The maximum Gasteiger partial charge on any atom is 0.138 e. The third-order valence-corrected chi connectivity index (χ3v) is 2.40. The quantitative estimate of drug-likeness (QED) is 0.841. The summed E-state index contributed by atoms with van der Waals surface area (Å²) in [5.41, 5.74) is 1.91. The summed E-state index contributed by atoms with van der Waals surface area (Å²) >= 11 is 5.10. The SMILES string of the molecule is CC(C)Oc1cncc(-c2cccc(=S)[nH]2)c1. The van der Waals surface area contributed by atoms with Crippen molar-refractivity contribution in [2.24, 2.45) is 0 Å². The fourth-order valence-corrected chi connectivity index (χ4v) is 1.71. The zero-order valence-corrected chi connectivity index (χ0v) is 10.6. The van der Waals surface area contributed by atoms with Gasteiger partial charge in [0.25, 0.3) is 0 Å². The van der Waals surface area contributed by atoms with E-state index in [0.717, 1.165) is 17.0 Å². The average molecular weight is 246 g/mol. The molecule has 0 unspecified atom stereocenters. The molecule has 0 fully saturated rings. The van der Waals surface area contributed by atoms with Crippen molar-refractivity contribution in [3.63, 3.8) is 0 Å². The van der Waals surface area contributed by atoms with Crippen molar-refractivity contribution in [2.75, 3.05) is 0 Å². The highest BCUT2D eigenvalue weighted by Crippen LogP contribution is 2.21. The van der Waals surface area contributed by atoms with Gasteiger partial charge in [0.05, 0.1) is 12.3 Å². The van der Waals surface area contributed by atoms with E-state index in [1.54, 1.807) is 12.4 Å². The molecule has 0 amide bonds. The van der Waals surface area contributed by atoms with Gasteiger partial charge in [-0.2, -0.15) is 0 Å². The Bertz CT molecular complexity index is 563. The Kier molecular flexibility index (Phi) is 3.54. The molecule has 1 N–H and O–H groups in total. The van der Waals surface area contributed by atoms with Gasteiger partial charge in [0.2, 0.25) is 0 Å². The van der Waals surface area contributed by atoms with Crippen LogP contribution in [0.15, 0.2) is 36.7 Å². The number of hydrogen-bond donors (Lipinski definition) is 1. The predicted molar refractivity (Wildman–Crippen MR) is 70.6 cm³/mol. The van der Waals surface area contributed by atoms with E-state index >= 15 is 0 Å². The van der Waals surface area contributed by atoms with Gasteiger partial charge in [0.1, 0.15) is 10.4 Å². The van der Waals surface area contributed by atoms with Gasteiger partial charge in [-0.15, -0.1) is 0 Å². The summed E-state index contributed by atoms with van der Waals surface area (Å²) in [6.07, 6.45) is 3.63. The first-order chi connectivity index (χ1) is 8.15. The first kappa shape index (κ1) is 11.8. The van der Waals surface area contributed by atoms with Gasteiger partial charge >= 0.3 is 0 Å². The number of pyridine rings is 2. The average Bonchev–Trinajstić information content (AvgIpc) is 2.28. The van der Waals surface area contributed by atoms with E-state index in [2.05, 4.69) is 9.97 Å². The van der Waals surface area contributed by atoms with Crippen LogP contribution in [0.4, 0.5) is 0 Å². The van der Waals surface area contributed by atoms with Crippen LogP contribution in [0, 0.1) is 4.64 Å². The van der Waals surface area contributed by atoms with Crippen LogP contribution in [-0.4, -0.2) is 16.1 Å². The summed E-state index contributed by atoms with van der Waals surface area (Å²) in [7, 11) is 0. The van der Waals surface area contributed by atoms with Gasteiger partial charge in [0, 0.05) is 17.5 Å². The second-order valence-electron chi connectivity index (χ2n) is 4.00. The summed E-state index contributed by atoms with van der Waals surface area (Å²) in [5.74, 6) is 0.765. The standard InChI is InChI=1S/C13H14N2OS/c1-9(2)16-11-6-10(7-14-8-11)12-4-3-5-13(17)15-12/h3-9H,1-2H3,(H,15,17). The van der Waals surface area contributed by atoms with Crippen LogP contribution in [0.3, 0.4) is 0 Å². The lowest BCUT2D eigenvalue weighted by molar-refractivity contribution is 0.241. The summed E-state index contributed by atoms with van der Waals surface area (Å²) in [5, 5.41) is 0. The topological polar surface area (TPSA) is 37.9 Å². The highest BCUT2D eigenvalue weighted by atomic mass is 32.1. The summed E-state index contributed by atoms with van der Waals surface area (Å²) in [6, 6.07) is 7.68. The van der Waals surface area contributed by atoms with Gasteiger partial charge in [-0.3, -0.25) is 4.98 Å². The molecule has 17 heavy (non-hydrogen) atoms. The van der Waals surface area contributed by atoms with Gasteiger partial charge in [-0.05, 0) is 32.0 Å². The van der Waals surface area contributed by atoms with Crippen LogP contribution in [-0.2, 0) is 0 Å². The highest BCUT2D eigenvalue weighted by Gasteiger charge is 2.02. The molecule has 2 rings (SSSR count). The minimum absolute atomic E-state index is 0.140. The van der Waals surface area contributed by atoms with E-state index in [1.165, 1.54) is 0 Å². The van der Waals surface area contributed by atoms with Crippen LogP contribution in [0.5, 0.6) is 5.75 Å². The Morgan fingerprint density at radius 1 is 1.29 bits per heavy atom. The number of ether oxygens (including phenoxy) is 1. The van der Waals surface area contributed by atoms with Crippen molar-refractivity contribution < 1.29 is 4.74 Å². The normalized spacial score (nSPS) is 10.5. The number of rotatable bonds is 3. The molecule has 3 nitrogen and oxygen atoms in total. The first-order valence-corrected chi connectivity index (χ1v) is 5.87. The Labute approximate surface area is 105 Å². The molecule has 2 heterocycles. The summed E-state index contributed by atoms with van der Waals surface area (Å²) < 4.78 is 6.31. The molecule has 0 aromatic carbocycles. The number of aromatic nitrogens is 2. The van der Waals surface area contributed by atoms with Crippen molar-refractivity contribution in [2.45, 2.75) is 20.0 Å². The fraction of sp³-hybridized carbons (Fsp3) is 0.231. The van der Waals surface area contributed by atoms with Crippen molar-refractivity contribution in [3.05, 3.63) is 41.3 Å². The molecule has 4 heteroatoms. The second-order valence-corrected chi connectivity index (χ2v) is 4.44. The smallest absolute Gasteiger partial charge is 0.138 e. The van der Waals surface area contributed by atoms with E-state index in [-0.39, 0.29) is 6.10 Å². The van der Waals surface area contributed by atoms with Gasteiger partial charge < -0.3 is 9.72 Å². The molecule has 0 saturated heterocycles. The highest BCUT2D eigenvalue weighted by molar-refractivity contribution is 7.71. The number of nitrogens with zero attached hydrogens (tertiary/aromatic N) is 1. The Balaban J connectivity index is 2.36. The summed E-state index contributed by atoms with van der Waals surface area (Å²) in [6.45, 7) is 3.98. The van der Waals surface area contributed by atoms with Gasteiger partial charge in [-0.25, -0.2) is 0 Å². The second kappa shape index (κ2) is 5.10. The molecule has 0 bridgehead atoms. The van der Waals surface area contributed by atoms with Crippen molar-refractivity contribution in [1.82, 2.24) is 9.97 Å². The molecule has 0 atom stereocenters. The van der Waals surface area contributed by atoms with Crippen LogP contribution >= 0.6 is 12.2 Å². The molecule has 88 valence electrons. The molecule has 0 radical (unpaired) electrons. The van der Waals surface area contributed by atoms with Crippen LogP contribution < -0.4 is 4.74 Å². The van der Waals surface area contributed by atoms with E-state index in [9.17, 15) is 0 Å². The van der Waals surface area contributed by atoms with E-state index < -0.39 is 0 Å². The van der Waals surface area contributed by atoms with Crippen molar-refractivity contribution in [1.29, 1.82) is 0 Å². The lowest BCUT2D eigenvalue weighted by Gasteiger charge is -2.10. The zero-order chi connectivity index (χ0) is 12.3. The van der Waals surface area contributed by atoms with Gasteiger partial charge in [-0.1, -0.05) is 18.3 Å². The molecule has 2 aromatic heterocycles. The maximum atomic E-state index is 5.60. The first-order valence-electron chi connectivity index (χ1n) is 5.46. The molecule has 0 aliphatic carbocycles. The molecular weight excluding hydrogens is 232 g/mol. The monoisotopic (exact) mass is 246 g/mol. The van der Waals surface area contributed by atoms with Crippen molar-refractivity contribution in [3.8, 4) is 17.0 Å². The largest absolute Gasteiger partial charge is 0.489 e. The minimum Gasteiger partial charge on any atom is -0.489 e. The Hall–Kier alpha value is -1.68. The predicted octanol–water partition coefficient (Wildman–Crippen LogP) is 3.59. The molecular formula is C13H14N2OS. The maximum absolute atomic E-state index is 5.60.